The van der Waals surface area contributed by atoms with E-state index in [2.05, 4.69) is 11.8 Å². The lowest BCUT2D eigenvalue weighted by Crippen LogP contribution is -2.37. The quantitative estimate of drug-likeness (QED) is 0.366. The van der Waals surface area contributed by atoms with Gasteiger partial charge < -0.3 is 14.0 Å². The van der Waals surface area contributed by atoms with Crippen molar-refractivity contribution >= 4 is 16.1 Å². The Kier molecular flexibility index (Phi) is 7.95. The van der Waals surface area contributed by atoms with E-state index in [1.165, 1.54) is 31.4 Å². The maximum absolute atomic E-state index is 14.5. The standard InChI is InChI=1S/C23H29FO6S/c24-20-10-9-19(22(25)29-15-16-31(26,27)28)17-21(20)30-23(12-5-2-6-13-23)14-11-18-7-3-1-4-8-18/h9-10,17-18H,1-8,12-13,15-16H2,(H,26,27,28)/p-1. The molecular weight excluding hydrogens is 423 g/mol. The lowest BCUT2D eigenvalue weighted by atomic mass is 9.83. The highest BCUT2D eigenvalue weighted by atomic mass is 32.2. The SMILES string of the molecule is O=C(OCCS(=O)(=O)[O-])c1ccc(F)c(OC2(C#CC3CCCCC3)CCCCC2)c1. The Morgan fingerprint density at radius 1 is 1.13 bits per heavy atom. The molecule has 0 aromatic heterocycles. The van der Waals surface area contributed by atoms with Crippen LogP contribution < -0.4 is 4.74 Å². The number of carbonyl (C=O) groups is 1. The summed E-state index contributed by atoms with van der Waals surface area (Å²) in [5.74, 6) is 4.70. The molecule has 2 aliphatic carbocycles. The number of benzene rings is 1. The number of esters is 1. The normalized spacial score (nSPS) is 19.2. The van der Waals surface area contributed by atoms with Gasteiger partial charge in [0.1, 0.15) is 6.61 Å². The Balaban J connectivity index is 1.75. The molecule has 3 rings (SSSR count). The van der Waals surface area contributed by atoms with E-state index in [0.29, 0.717) is 18.8 Å². The summed E-state index contributed by atoms with van der Waals surface area (Å²) in [6.07, 6.45) is 10.1. The largest absolute Gasteiger partial charge is 0.748 e. The van der Waals surface area contributed by atoms with E-state index in [-0.39, 0.29) is 11.3 Å². The maximum Gasteiger partial charge on any atom is 0.338 e. The highest BCUT2D eigenvalue weighted by Crippen LogP contribution is 2.35. The van der Waals surface area contributed by atoms with Gasteiger partial charge in [-0.15, -0.1) is 0 Å². The van der Waals surface area contributed by atoms with Gasteiger partial charge in [-0.25, -0.2) is 17.6 Å². The first-order valence-electron chi connectivity index (χ1n) is 10.9. The topological polar surface area (TPSA) is 92.7 Å². The van der Waals surface area contributed by atoms with Gasteiger partial charge in [-0.1, -0.05) is 37.5 Å². The predicted octanol–water partition coefficient (Wildman–Crippen LogP) is 4.19. The number of rotatable bonds is 6. The van der Waals surface area contributed by atoms with Crippen LogP contribution in [0, 0.1) is 23.6 Å². The molecule has 0 radical (unpaired) electrons. The van der Waals surface area contributed by atoms with E-state index in [4.69, 9.17) is 9.47 Å². The van der Waals surface area contributed by atoms with E-state index in [1.807, 2.05) is 0 Å². The van der Waals surface area contributed by atoms with Crippen LogP contribution in [0.3, 0.4) is 0 Å². The number of hydrogen-bond donors (Lipinski definition) is 0. The molecule has 0 bridgehead atoms. The average molecular weight is 452 g/mol. The van der Waals surface area contributed by atoms with Crippen LogP contribution in [0.5, 0.6) is 5.75 Å². The van der Waals surface area contributed by atoms with E-state index in [1.54, 1.807) is 0 Å². The van der Waals surface area contributed by atoms with Gasteiger partial charge in [0.2, 0.25) is 0 Å². The summed E-state index contributed by atoms with van der Waals surface area (Å²) in [6, 6.07) is 3.60. The molecule has 0 aliphatic heterocycles. The Bertz CT molecular complexity index is 935. The van der Waals surface area contributed by atoms with E-state index >= 15 is 0 Å². The molecule has 1 aromatic rings. The van der Waals surface area contributed by atoms with E-state index in [0.717, 1.165) is 38.2 Å². The van der Waals surface area contributed by atoms with Crippen molar-refractivity contribution in [2.24, 2.45) is 5.92 Å². The molecule has 0 saturated heterocycles. The fraction of sp³-hybridized carbons (Fsp3) is 0.609. The molecule has 2 fully saturated rings. The molecule has 6 nitrogen and oxygen atoms in total. The number of hydrogen-bond acceptors (Lipinski definition) is 6. The van der Waals surface area contributed by atoms with Crippen LogP contribution in [0.4, 0.5) is 4.39 Å². The van der Waals surface area contributed by atoms with Crippen molar-refractivity contribution in [2.45, 2.75) is 69.8 Å². The van der Waals surface area contributed by atoms with Crippen molar-refractivity contribution in [3.05, 3.63) is 29.6 Å². The molecule has 0 spiro atoms. The van der Waals surface area contributed by atoms with Crippen LogP contribution in [0.15, 0.2) is 18.2 Å². The van der Waals surface area contributed by atoms with E-state index < -0.39 is 39.9 Å². The van der Waals surface area contributed by atoms with Gasteiger partial charge in [0, 0.05) is 5.92 Å². The zero-order valence-electron chi connectivity index (χ0n) is 17.5. The van der Waals surface area contributed by atoms with Crippen molar-refractivity contribution < 1.29 is 31.6 Å². The molecule has 0 N–H and O–H groups in total. The van der Waals surface area contributed by atoms with Gasteiger partial charge in [0.15, 0.2) is 17.2 Å². The maximum atomic E-state index is 14.5. The minimum atomic E-state index is -4.49. The fourth-order valence-electron chi connectivity index (χ4n) is 4.09. The van der Waals surface area contributed by atoms with Crippen LogP contribution in [-0.2, 0) is 14.9 Å². The molecule has 0 unspecified atom stereocenters. The average Bonchev–Trinajstić information content (AvgIpc) is 2.74. The Morgan fingerprint density at radius 2 is 1.81 bits per heavy atom. The predicted molar refractivity (Wildman–Crippen MR) is 112 cm³/mol. The fourth-order valence-corrected chi connectivity index (χ4v) is 4.38. The molecule has 0 heterocycles. The van der Waals surface area contributed by atoms with Crippen molar-refractivity contribution in [2.75, 3.05) is 12.4 Å². The van der Waals surface area contributed by atoms with Crippen LogP contribution in [0.25, 0.3) is 0 Å². The first-order chi connectivity index (χ1) is 14.8. The molecule has 31 heavy (non-hydrogen) atoms. The van der Waals surface area contributed by atoms with Gasteiger partial charge in [0.25, 0.3) is 0 Å². The van der Waals surface area contributed by atoms with Gasteiger partial charge in [-0.2, -0.15) is 0 Å². The van der Waals surface area contributed by atoms with Crippen LogP contribution in [-0.4, -0.2) is 36.9 Å². The molecule has 1 aromatic carbocycles. The highest BCUT2D eigenvalue weighted by Gasteiger charge is 2.34. The second-order valence-corrected chi connectivity index (χ2v) is 9.83. The number of carbonyl (C=O) groups excluding carboxylic acids is 1. The minimum absolute atomic E-state index is 0.0193. The van der Waals surface area contributed by atoms with Gasteiger partial charge in [-0.05, 0) is 56.7 Å². The van der Waals surface area contributed by atoms with Crippen molar-refractivity contribution in [1.29, 1.82) is 0 Å². The molecule has 0 amide bonds. The number of halogens is 1. The smallest absolute Gasteiger partial charge is 0.338 e. The zero-order valence-corrected chi connectivity index (χ0v) is 18.3. The van der Waals surface area contributed by atoms with Crippen molar-refractivity contribution in [1.82, 2.24) is 0 Å². The first-order valence-corrected chi connectivity index (χ1v) is 12.5. The van der Waals surface area contributed by atoms with Gasteiger partial charge in [-0.3, -0.25) is 0 Å². The lowest BCUT2D eigenvalue weighted by Gasteiger charge is -2.33. The highest BCUT2D eigenvalue weighted by molar-refractivity contribution is 7.85. The summed E-state index contributed by atoms with van der Waals surface area (Å²) >= 11 is 0. The molecule has 8 heteroatoms. The molecule has 170 valence electrons. The van der Waals surface area contributed by atoms with Crippen LogP contribution in [0.1, 0.15) is 74.6 Å². The summed E-state index contributed by atoms with van der Waals surface area (Å²) in [7, 11) is -4.49. The summed E-state index contributed by atoms with van der Waals surface area (Å²) < 4.78 is 57.4. The van der Waals surface area contributed by atoms with Gasteiger partial charge >= 0.3 is 5.97 Å². The molecule has 2 aliphatic rings. The first kappa shape index (κ1) is 23.6. The van der Waals surface area contributed by atoms with Crippen molar-refractivity contribution in [3.8, 4) is 17.6 Å². The van der Waals surface area contributed by atoms with E-state index in [9.17, 15) is 22.2 Å². The van der Waals surface area contributed by atoms with Crippen LogP contribution in [0.2, 0.25) is 0 Å². The lowest BCUT2D eigenvalue weighted by molar-refractivity contribution is 0.0524. The monoisotopic (exact) mass is 451 g/mol. The van der Waals surface area contributed by atoms with Crippen molar-refractivity contribution in [3.63, 3.8) is 0 Å². The summed E-state index contributed by atoms with van der Waals surface area (Å²) in [4.78, 5) is 12.2. The molecular formula is C23H28FO6S-. The second-order valence-electron chi connectivity index (χ2n) is 8.30. The Labute approximate surface area is 183 Å². The third kappa shape index (κ3) is 7.22. The zero-order chi connectivity index (χ0) is 22.3. The third-order valence-corrected chi connectivity index (χ3v) is 6.48. The number of ether oxygens (including phenoxy) is 2. The molecule has 0 atom stereocenters. The minimum Gasteiger partial charge on any atom is -0.748 e. The molecule has 2 saturated carbocycles. The summed E-state index contributed by atoms with van der Waals surface area (Å²) in [6.45, 7) is -0.560. The summed E-state index contributed by atoms with van der Waals surface area (Å²) in [5, 5.41) is 0. The van der Waals surface area contributed by atoms with Crippen LogP contribution >= 0.6 is 0 Å². The van der Waals surface area contributed by atoms with Gasteiger partial charge in [0.05, 0.1) is 21.4 Å². The summed E-state index contributed by atoms with van der Waals surface area (Å²) in [5.41, 5.74) is -0.763. The third-order valence-electron chi connectivity index (χ3n) is 5.81. The second kappa shape index (κ2) is 10.5. The Hall–Kier alpha value is -2.11. The Morgan fingerprint density at radius 3 is 2.48 bits per heavy atom.